The van der Waals surface area contributed by atoms with E-state index in [0.29, 0.717) is 22.3 Å². The molecule has 3 heterocycles. The molecule has 262 valence electrons. The van der Waals surface area contributed by atoms with Crippen LogP contribution < -0.4 is 0 Å². The van der Waals surface area contributed by atoms with E-state index in [0.717, 1.165) is 10.8 Å². The third-order valence-electron chi connectivity index (χ3n) is 9.48. The van der Waals surface area contributed by atoms with Gasteiger partial charge in [-0.3, -0.25) is 0 Å². The molecular formula is C51H32N4O. The monoisotopic (exact) mass is 733 g/mol. The van der Waals surface area contributed by atoms with E-state index in [4.69, 9.17) is 33.1 Å². The lowest BCUT2D eigenvalue weighted by atomic mass is 9.99. The average molecular weight is 734 g/mol. The summed E-state index contributed by atoms with van der Waals surface area (Å²) >= 11 is 0. The highest BCUT2D eigenvalue weighted by atomic mass is 16.3. The molecule has 5 heteroatoms. The molecule has 56 heavy (non-hydrogen) atoms. The molecule has 0 atom stereocenters. The van der Waals surface area contributed by atoms with Gasteiger partial charge in [0.25, 0.3) is 0 Å². The highest BCUT2D eigenvalue weighted by molar-refractivity contribution is 6.12. The third-order valence-corrected chi connectivity index (χ3v) is 9.48. The van der Waals surface area contributed by atoms with E-state index in [1.54, 1.807) is 6.07 Å². The predicted octanol–water partition coefficient (Wildman–Crippen LogP) is 13.2. The number of rotatable bonds is 6. The van der Waals surface area contributed by atoms with E-state index in [1.165, 1.54) is 22.8 Å². The highest BCUT2D eigenvalue weighted by Crippen LogP contribution is 2.40. The van der Waals surface area contributed by atoms with Gasteiger partial charge in [0.05, 0.1) is 40.0 Å². The lowest BCUT2D eigenvalue weighted by Crippen LogP contribution is -2.02. The zero-order valence-corrected chi connectivity index (χ0v) is 28.9. The smallest absolute Gasteiger partial charge is 0.164 e. The highest BCUT2D eigenvalue weighted by Gasteiger charge is 2.21. The molecule has 0 aliphatic carbocycles. The zero-order valence-electron chi connectivity index (χ0n) is 45.9. The van der Waals surface area contributed by atoms with Crippen molar-refractivity contribution in [1.82, 2.24) is 19.5 Å². The minimum absolute atomic E-state index is 0.0595. The van der Waals surface area contributed by atoms with E-state index in [2.05, 4.69) is 0 Å². The molecule has 11 aromatic rings. The van der Waals surface area contributed by atoms with Crippen molar-refractivity contribution in [3.63, 3.8) is 0 Å². The first-order valence-electron chi connectivity index (χ1n) is 25.9. The Morgan fingerprint density at radius 3 is 1.95 bits per heavy atom. The molecule has 0 saturated carbocycles. The molecule has 3 aromatic heterocycles. The summed E-state index contributed by atoms with van der Waals surface area (Å²) in [6, 6.07) is 14.1. The van der Waals surface area contributed by atoms with Gasteiger partial charge >= 0.3 is 0 Å². The number of para-hydroxylation sites is 2. The van der Waals surface area contributed by atoms with Gasteiger partial charge in [-0.25, -0.2) is 15.0 Å². The molecule has 11 rings (SSSR count). The first-order chi connectivity index (χ1) is 34.8. The predicted molar refractivity (Wildman–Crippen MR) is 229 cm³/mol. The number of aromatic nitrogens is 4. The average Bonchev–Trinajstić information content (AvgIpc) is 3.97. The molecule has 8 aromatic carbocycles. The lowest BCUT2D eigenvalue weighted by Gasteiger charge is -2.16. The molecule has 0 saturated heterocycles. The molecule has 0 spiro atoms. The summed E-state index contributed by atoms with van der Waals surface area (Å²) in [5.74, 6) is 0.536. The molecule has 0 aliphatic rings. The van der Waals surface area contributed by atoms with Gasteiger partial charge in [-0.15, -0.1) is 0 Å². The maximum atomic E-state index is 9.67. The first-order valence-corrected chi connectivity index (χ1v) is 17.4. The van der Waals surface area contributed by atoms with Crippen LogP contribution in [0.1, 0.15) is 23.3 Å². The molecule has 0 N–H and O–H groups in total. The summed E-state index contributed by atoms with van der Waals surface area (Å²) < 4.78 is 159. The van der Waals surface area contributed by atoms with Crippen molar-refractivity contribution in [2.75, 3.05) is 0 Å². The van der Waals surface area contributed by atoms with Crippen LogP contribution in [0.3, 0.4) is 0 Å². The Balaban J connectivity index is 1.28. The van der Waals surface area contributed by atoms with Crippen molar-refractivity contribution in [2.45, 2.75) is 0 Å². The summed E-state index contributed by atoms with van der Waals surface area (Å²) in [6.45, 7) is 0. The van der Waals surface area contributed by atoms with E-state index in [9.17, 15) is 9.60 Å². The number of fused-ring (bicyclic) bond motifs is 6. The minimum atomic E-state index is -0.789. The molecule has 0 unspecified atom stereocenters. The van der Waals surface area contributed by atoms with Crippen molar-refractivity contribution in [3.8, 4) is 62.1 Å². The minimum Gasteiger partial charge on any atom is -0.456 e. The Bertz CT molecular complexity index is 4190. The van der Waals surface area contributed by atoms with Gasteiger partial charge in [-0.05, 0) is 65.1 Å². The quantitative estimate of drug-likeness (QED) is 0.171. The zero-order chi connectivity index (χ0) is 51.8. The molecule has 0 fully saturated rings. The Labute approximate surface area is 346 Å². The summed E-state index contributed by atoms with van der Waals surface area (Å²) in [7, 11) is 0. The second-order valence-corrected chi connectivity index (χ2v) is 12.7. The summed E-state index contributed by atoms with van der Waals surface area (Å²) in [4.78, 5) is 14.8. The van der Waals surface area contributed by atoms with Crippen LogP contribution >= 0.6 is 0 Å². The maximum absolute atomic E-state index is 9.67. The molecule has 0 aliphatic heterocycles. The Morgan fingerprint density at radius 1 is 0.429 bits per heavy atom. The van der Waals surface area contributed by atoms with Gasteiger partial charge in [0.15, 0.2) is 17.5 Å². The van der Waals surface area contributed by atoms with Crippen molar-refractivity contribution in [1.29, 1.82) is 0 Å². The summed E-state index contributed by atoms with van der Waals surface area (Å²) in [5, 5.41) is 0.842. The van der Waals surface area contributed by atoms with Crippen LogP contribution in [0.5, 0.6) is 0 Å². The van der Waals surface area contributed by atoms with Crippen LogP contribution in [-0.2, 0) is 0 Å². The second kappa shape index (κ2) is 13.0. The summed E-state index contributed by atoms with van der Waals surface area (Å²) in [6.07, 6.45) is 0. The molecule has 0 amide bonds. The Hall–Kier alpha value is -7.63. The SMILES string of the molecule is [2H]c1c([2H])c([2H])c(-c2cc(-c3nc(-c4ccccc4)nc(-c4cccc5oc6ccccc6c45)n3)ccc2-n2c3c([2H])c([2H])c([2H])c([2H])c3c3c([2H])c(-c4c([2H])c([2H])c([2H])c([2H])c4[2H])c([2H])c([2H])c32)c([2H])c1[2H]. The van der Waals surface area contributed by atoms with E-state index in [1.807, 2.05) is 66.7 Å². The molecule has 5 nitrogen and oxygen atoms in total. The van der Waals surface area contributed by atoms with Gasteiger partial charge in [-0.2, -0.15) is 0 Å². The fourth-order valence-corrected chi connectivity index (χ4v) is 7.01. The largest absolute Gasteiger partial charge is 0.456 e. The van der Waals surface area contributed by atoms with Crippen LogP contribution in [0, 0.1) is 0 Å². The van der Waals surface area contributed by atoms with Crippen LogP contribution in [-0.4, -0.2) is 19.5 Å². The molecule has 0 radical (unpaired) electrons. The van der Waals surface area contributed by atoms with Crippen molar-refractivity contribution in [3.05, 3.63) is 194 Å². The number of nitrogens with zero attached hydrogens (tertiary/aromatic N) is 4. The van der Waals surface area contributed by atoms with Crippen LogP contribution in [0.4, 0.5) is 0 Å². The first kappa shape index (κ1) is 19.1. The fraction of sp³-hybridized carbons (Fsp3) is 0. The fourth-order valence-electron chi connectivity index (χ4n) is 7.01. The number of furan rings is 1. The van der Waals surface area contributed by atoms with Crippen LogP contribution in [0.25, 0.3) is 106 Å². The molecular weight excluding hydrogens is 685 g/mol. The summed E-state index contributed by atoms with van der Waals surface area (Å²) in [5.41, 5.74) is 0.150. The van der Waals surface area contributed by atoms with Gasteiger partial charge in [-0.1, -0.05) is 145 Å². The second-order valence-electron chi connectivity index (χ2n) is 12.7. The van der Waals surface area contributed by atoms with Gasteiger partial charge in [0.2, 0.25) is 0 Å². The normalized spacial score (nSPS) is 15.8. The van der Waals surface area contributed by atoms with Gasteiger partial charge < -0.3 is 8.98 Å². The standard InChI is InChI=1S/C51H32N4O/c1-4-15-33(16-5-1)36-27-29-45-42(31-36)38-21-10-12-24-43(38)55(45)44-30-28-37(32-41(44)34-17-6-2-7-18-34)50-52-49(35-19-8-3-9-20-35)53-51(54-50)40-23-14-26-47-48(40)39-22-11-13-25-46(39)56-47/h1-32H/i1D,2D,4D,5D,6D,7D,10D,12D,15D,16D,17D,18D,21D,24D,27D,29D,31D. The lowest BCUT2D eigenvalue weighted by molar-refractivity contribution is 0.669. The van der Waals surface area contributed by atoms with E-state index < -0.39 is 114 Å². The Morgan fingerprint density at radius 2 is 1.11 bits per heavy atom. The Kier molecular flexibility index (Phi) is 4.45. The van der Waals surface area contributed by atoms with Gasteiger partial charge in [0.1, 0.15) is 11.2 Å². The number of hydrogen-bond acceptors (Lipinski definition) is 4. The van der Waals surface area contributed by atoms with Gasteiger partial charge in [0, 0.05) is 43.8 Å². The maximum Gasteiger partial charge on any atom is 0.164 e. The number of benzene rings is 8. The third kappa shape index (κ3) is 5.29. The van der Waals surface area contributed by atoms with Crippen molar-refractivity contribution >= 4 is 43.7 Å². The van der Waals surface area contributed by atoms with Crippen molar-refractivity contribution in [2.24, 2.45) is 0 Å². The van der Waals surface area contributed by atoms with Crippen LogP contribution in [0.2, 0.25) is 0 Å². The molecule has 0 bridgehead atoms. The topological polar surface area (TPSA) is 56.7 Å². The van der Waals surface area contributed by atoms with E-state index in [-0.39, 0.29) is 61.7 Å². The van der Waals surface area contributed by atoms with Crippen molar-refractivity contribution < 1.29 is 27.7 Å². The number of hydrogen-bond donors (Lipinski definition) is 0. The van der Waals surface area contributed by atoms with Crippen LogP contribution in [0.15, 0.2) is 198 Å². The van der Waals surface area contributed by atoms with E-state index >= 15 is 0 Å².